The van der Waals surface area contributed by atoms with E-state index in [1.165, 1.54) is 19.2 Å². The van der Waals surface area contributed by atoms with Crippen molar-refractivity contribution in [2.24, 2.45) is 5.92 Å². The molecular weight excluding hydrogens is 264 g/mol. The number of carbonyl (C=O) groups is 2. The summed E-state index contributed by atoms with van der Waals surface area (Å²) < 4.78 is 4.66. The van der Waals surface area contributed by atoms with E-state index in [9.17, 15) is 19.7 Å². The minimum absolute atomic E-state index is 0.118. The minimum Gasteiger partial charge on any atom is -0.467 e. The first kappa shape index (κ1) is 15.6. The maximum absolute atomic E-state index is 11.7. The van der Waals surface area contributed by atoms with Crippen LogP contribution in [-0.2, 0) is 9.53 Å². The van der Waals surface area contributed by atoms with Gasteiger partial charge in [-0.2, -0.15) is 0 Å². The van der Waals surface area contributed by atoms with Gasteiger partial charge in [-0.1, -0.05) is 13.8 Å². The van der Waals surface area contributed by atoms with Crippen LogP contribution in [0, 0.1) is 16.0 Å². The molecule has 1 aromatic rings. The zero-order valence-electron chi connectivity index (χ0n) is 11.5. The number of esters is 1. The molecule has 1 N–H and O–H groups in total. The van der Waals surface area contributed by atoms with Crippen molar-refractivity contribution in [3.8, 4) is 0 Å². The van der Waals surface area contributed by atoms with Gasteiger partial charge in [0.05, 0.1) is 12.0 Å². The number of anilines is 1. The van der Waals surface area contributed by atoms with Gasteiger partial charge in [-0.05, 0) is 18.1 Å². The fourth-order valence-electron chi connectivity index (χ4n) is 1.69. The lowest BCUT2D eigenvalue weighted by Crippen LogP contribution is -2.35. The molecule has 7 heteroatoms. The number of hydrogen-bond acceptors (Lipinski definition) is 6. The van der Waals surface area contributed by atoms with Crippen LogP contribution >= 0.6 is 0 Å². The number of nitrogens with one attached hydrogen (secondary N) is 1. The Morgan fingerprint density at radius 3 is 2.55 bits per heavy atom. The van der Waals surface area contributed by atoms with Crippen LogP contribution in [0.2, 0.25) is 0 Å². The van der Waals surface area contributed by atoms with Crippen molar-refractivity contribution in [3.63, 3.8) is 0 Å². The Labute approximate surface area is 116 Å². The summed E-state index contributed by atoms with van der Waals surface area (Å²) in [6.07, 6.45) is 0.525. The van der Waals surface area contributed by atoms with Crippen molar-refractivity contribution < 1.29 is 19.2 Å². The van der Waals surface area contributed by atoms with Crippen molar-refractivity contribution in [3.05, 3.63) is 33.9 Å². The predicted octanol–water partition coefficient (Wildman–Crippen LogP) is 2.02. The summed E-state index contributed by atoms with van der Waals surface area (Å²) in [5.41, 5.74) is 0.107. The van der Waals surface area contributed by atoms with Gasteiger partial charge in [0, 0.05) is 11.6 Å². The van der Waals surface area contributed by atoms with Gasteiger partial charge in [0.15, 0.2) is 0 Å². The predicted molar refractivity (Wildman–Crippen MR) is 72.7 cm³/mol. The van der Waals surface area contributed by atoms with Crippen LogP contribution in [0.25, 0.3) is 0 Å². The molecule has 0 fully saturated rings. The van der Waals surface area contributed by atoms with E-state index >= 15 is 0 Å². The molecule has 0 spiro atoms. The number of hydrogen-bond donors (Lipinski definition) is 1. The lowest BCUT2D eigenvalue weighted by molar-refractivity contribution is -0.384. The standard InChI is InChI=1S/C13H16N2O5/c1-8(2)12(13(17)20-3)14-10-5-4-9(7-16)6-11(10)15(18)19/h4-8,12,14H,1-3H3. The summed E-state index contributed by atoms with van der Waals surface area (Å²) in [4.78, 5) is 32.7. The number of carbonyl (C=O) groups excluding carboxylic acids is 2. The molecule has 1 unspecified atom stereocenters. The molecular formula is C13H16N2O5. The smallest absolute Gasteiger partial charge is 0.328 e. The third-order valence-electron chi connectivity index (χ3n) is 2.79. The molecule has 7 nitrogen and oxygen atoms in total. The van der Waals surface area contributed by atoms with Gasteiger partial charge in [-0.15, -0.1) is 0 Å². The molecule has 0 bridgehead atoms. The van der Waals surface area contributed by atoms with Gasteiger partial charge in [-0.3, -0.25) is 14.9 Å². The Morgan fingerprint density at radius 1 is 1.45 bits per heavy atom. The highest BCUT2D eigenvalue weighted by Crippen LogP contribution is 2.27. The van der Waals surface area contributed by atoms with Crippen molar-refractivity contribution in [2.75, 3.05) is 12.4 Å². The van der Waals surface area contributed by atoms with Crippen LogP contribution in [0.5, 0.6) is 0 Å². The van der Waals surface area contributed by atoms with E-state index in [0.29, 0.717) is 6.29 Å². The van der Waals surface area contributed by atoms with E-state index in [2.05, 4.69) is 10.1 Å². The molecule has 0 amide bonds. The number of nitro benzene ring substituents is 1. The van der Waals surface area contributed by atoms with E-state index in [0.717, 1.165) is 6.07 Å². The second-order valence-electron chi connectivity index (χ2n) is 4.54. The number of ether oxygens (including phenoxy) is 1. The fraction of sp³-hybridized carbons (Fsp3) is 0.385. The van der Waals surface area contributed by atoms with Crippen molar-refractivity contribution in [1.82, 2.24) is 0 Å². The van der Waals surface area contributed by atoms with Crippen LogP contribution in [0.15, 0.2) is 18.2 Å². The number of benzene rings is 1. The van der Waals surface area contributed by atoms with Gasteiger partial charge < -0.3 is 10.1 Å². The Balaban J connectivity index is 3.15. The molecule has 0 aliphatic rings. The molecule has 1 rings (SSSR count). The van der Waals surface area contributed by atoms with E-state index in [1.54, 1.807) is 13.8 Å². The number of nitrogens with zero attached hydrogens (tertiary/aromatic N) is 1. The zero-order valence-corrected chi connectivity index (χ0v) is 11.5. The van der Waals surface area contributed by atoms with Gasteiger partial charge in [0.1, 0.15) is 18.0 Å². The summed E-state index contributed by atoms with van der Waals surface area (Å²) >= 11 is 0. The number of nitro groups is 1. The first-order chi connectivity index (χ1) is 9.40. The Hall–Kier alpha value is -2.44. The summed E-state index contributed by atoms with van der Waals surface area (Å²) in [6.45, 7) is 3.58. The Kier molecular flexibility index (Phi) is 5.19. The van der Waals surface area contributed by atoms with E-state index < -0.39 is 16.9 Å². The number of rotatable bonds is 6. The highest BCUT2D eigenvalue weighted by Gasteiger charge is 2.26. The third-order valence-corrected chi connectivity index (χ3v) is 2.79. The summed E-state index contributed by atoms with van der Waals surface area (Å²) in [5, 5.41) is 13.8. The average molecular weight is 280 g/mol. The van der Waals surface area contributed by atoms with E-state index in [-0.39, 0.29) is 22.9 Å². The molecule has 0 aliphatic carbocycles. The molecule has 0 heterocycles. The molecule has 1 atom stereocenters. The van der Waals surface area contributed by atoms with Crippen LogP contribution in [0.1, 0.15) is 24.2 Å². The van der Waals surface area contributed by atoms with Crippen molar-refractivity contribution in [1.29, 1.82) is 0 Å². The summed E-state index contributed by atoms with van der Waals surface area (Å²) in [6, 6.07) is 3.29. The molecule has 0 saturated heterocycles. The monoisotopic (exact) mass is 280 g/mol. The Morgan fingerprint density at radius 2 is 2.10 bits per heavy atom. The van der Waals surface area contributed by atoms with Gasteiger partial charge in [0.2, 0.25) is 0 Å². The largest absolute Gasteiger partial charge is 0.467 e. The second-order valence-corrected chi connectivity index (χ2v) is 4.54. The highest BCUT2D eigenvalue weighted by atomic mass is 16.6. The summed E-state index contributed by atoms with van der Waals surface area (Å²) in [5.74, 6) is -0.624. The van der Waals surface area contributed by atoms with E-state index in [4.69, 9.17) is 0 Å². The summed E-state index contributed by atoms with van der Waals surface area (Å²) in [7, 11) is 1.25. The quantitative estimate of drug-likeness (QED) is 0.370. The minimum atomic E-state index is -0.708. The molecule has 0 aliphatic heterocycles. The first-order valence-electron chi connectivity index (χ1n) is 5.98. The first-order valence-corrected chi connectivity index (χ1v) is 5.98. The van der Waals surface area contributed by atoms with Crippen LogP contribution in [0.3, 0.4) is 0 Å². The maximum Gasteiger partial charge on any atom is 0.328 e. The molecule has 0 aromatic heterocycles. The SMILES string of the molecule is COC(=O)C(Nc1ccc(C=O)cc1[N+](=O)[O-])C(C)C. The highest BCUT2D eigenvalue weighted by molar-refractivity contribution is 5.83. The third kappa shape index (κ3) is 3.53. The zero-order chi connectivity index (χ0) is 15.3. The van der Waals surface area contributed by atoms with Crippen molar-refractivity contribution in [2.45, 2.75) is 19.9 Å². The van der Waals surface area contributed by atoms with Gasteiger partial charge in [-0.25, -0.2) is 4.79 Å². The molecule has 0 saturated carbocycles. The van der Waals surface area contributed by atoms with Gasteiger partial charge in [0.25, 0.3) is 5.69 Å². The maximum atomic E-state index is 11.7. The number of methoxy groups -OCH3 is 1. The van der Waals surface area contributed by atoms with Crippen LogP contribution in [-0.4, -0.2) is 30.3 Å². The van der Waals surface area contributed by atoms with E-state index in [1.807, 2.05) is 0 Å². The fourth-order valence-corrected chi connectivity index (χ4v) is 1.69. The lowest BCUT2D eigenvalue weighted by atomic mass is 10.0. The molecule has 108 valence electrons. The average Bonchev–Trinajstić information content (AvgIpc) is 2.43. The lowest BCUT2D eigenvalue weighted by Gasteiger charge is -2.20. The normalized spacial score (nSPS) is 11.8. The number of aldehydes is 1. The topological polar surface area (TPSA) is 98.5 Å². The van der Waals surface area contributed by atoms with Crippen LogP contribution < -0.4 is 5.32 Å². The Bertz CT molecular complexity index is 527. The molecule has 0 radical (unpaired) electrons. The van der Waals surface area contributed by atoms with Crippen LogP contribution in [0.4, 0.5) is 11.4 Å². The molecule has 1 aromatic carbocycles. The second kappa shape index (κ2) is 6.65. The molecule has 20 heavy (non-hydrogen) atoms. The van der Waals surface area contributed by atoms with Gasteiger partial charge >= 0.3 is 5.97 Å². The van der Waals surface area contributed by atoms with Crippen molar-refractivity contribution >= 4 is 23.6 Å².